The average molecular weight is 535 g/mol. The fourth-order valence-corrected chi connectivity index (χ4v) is 6.66. The number of hydrogen-bond acceptors (Lipinski definition) is 4. The molecule has 0 aliphatic carbocycles. The summed E-state index contributed by atoms with van der Waals surface area (Å²) in [6.07, 6.45) is 2.58. The van der Waals surface area contributed by atoms with Gasteiger partial charge in [-0.05, 0) is 56.9 Å². The lowest BCUT2D eigenvalue weighted by atomic mass is 10.1. The molecule has 186 valence electrons. The molecular weight excluding hydrogens is 507 g/mol. The van der Waals surface area contributed by atoms with Gasteiger partial charge in [-0.15, -0.1) is 0 Å². The van der Waals surface area contributed by atoms with Gasteiger partial charge in [0, 0.05) is 13.1 Å². The molecule has 1 aliphatic rings. The first kappa shape index (κ1) is 25.7. The number of piperidine rings is 1. The number of aromatic nitrogens is 2. The Kier molecular flexibility index (Phi) is 7.57. The van der Waals surface area contributed by atoms with Crippen molar-refractivity contribution in [2.45, 2.75) is 51.5 Å². The Balaban J connectivity index is 1.63. The highest BCUT2D eigenvalue weighted by Crippen LogP contribution is 2.32. The quantitative estimate of drug-likeness (QED) is 0.446. The average Bonchev–Trinajstić information content (AvgIpc) is 3.08. The first-order chi connectivity index (χ1) is 16.6. The number of amides is 1. The molecule has 0 atom stereocenters. The maximum Gasteiger partial charge on any atom is 0.257 e. The molecule has 7 nitrogen and oxygen atoms in total. The molecule has 10 heteroatoms. The van der Waals surface area contributed by atoms with E-state index in [9.17, 15) is 13.2 Å². The van der Waals surface area contributed by atoms with Crippen molar-refractivity contribution in [2.24, 2.45) is 0 Å². The van der Waals surface area contributed by atoms with Crippen LogP contribution in [0.5, 0.6) is 0 Å². The number of halogens is 2. The van der Waals surface area contributed by atoms with Gasteiger partial charge in [0.25, 0.3) is 5.91 Å². The van der Waals surface area contributed by atoms with Crippen LogP contribution in [0.25, 0.3) is 0 Å². The van der Waals surface area contributed by atoms with Gasteiger partial charge in [0.15, 0.2) is 0 Å². The Bertz CT molecular complexity index is 1380. The van der Waals surface area contributed by atoms with E-state index in [-0.39, 0.29) is 20.5 Å². The van der Waals surface area contributed by atoms with E-state index < -0.39 is 15.9 Å². The molecule has 0 radical (unpaired) electrons. The Morgan fingerprint density at radius 2 is 1.71 bits per heavy atom. The lowest BCUT2D eigenvalue weighted by Crippen LogP contribution is -2.35. The van der Waals surface area contributed by atoms with Crippen LogP contribution in [-0.2, 0) is 16.6 Å². The van der Waals surface area contributed by atoms with Crippen LogP contribution in [0.1, 0.15) is 52.1 Å². The summed E-state index contributed by atoms with van der Waals surface area (Å²) in [5.41, 5.74) is 4.32. The van der Waals surface area contributed by atoms with Crippen molar-refractivity contribution in [1.82, 2.24) is 14.1 Å². The highest BCUT2D eigenvalue weighted by molar-refractivity contribution is 7.89. The van der Waals surface area contributed by atoms with Gasteiger partial charge in [-0.3, -0.25) is 9.48 Å². The van der Waals surface area contributed by atoms with Gasteiger partial charge in [-0.2, -0.15) is 9.40 Å². The zero-order valence-electron chi connectivity index (χ0n) is 19.9. The third-order valence-corrected chi connectivity index (χ3v) is 9.08. The summed E-state index contributed by atoms with van der Waals surface area (Å²) in [4.78, 5) is 13.1. The summed E-state index contributed by atoms with van der Waals surface area (Å²) >= 11 is 12.6. The standard InChI is InChI=1S/C25H28Cl2N4O3S/c1-16-9-5-6-10-19(16)15-31-18(3)24(17(2)29-31)28-25(32)20-13-23(22(27)14-21(20)26)35(33,34)30-11-7-4-8-12-30/h5-6,9-10,13-14H,4,7-8,11-12,15H2,1-3H3,(H,28,32). The summed E-state index contributed by atoms with van der Waals surface area (Å²) in [5.74, 6) is -0.525. The second-order valence-corrected chi connectivity index (χ2v) is 11.5. The number of sulfonamides is 1. The number of anilines is 1. The molecule has 1 fully saturated rings. The molecule has 3 aromatic rings. The topological polar surface area (TPSA) is 84.3 Å². The maximum absolute atomic E-state index is 13.2. The summed E-state index contributed by atoms with van der Waals surface area (Å²) < 4.78 is 29.7. The Hall–Kier alpha value is -2.39. The lowest BCUT2D eigenvalue weighted by Gasteiger charge is -2.26. The van der Waals surface area contributed by atoms with E-state index >= 15 is 0 Å². The van der Waals surface area contributed by atoms with Gasteiger partial charge in [0.05, 0.1) is 39.2 Å². The molecule has 4 rings (SSSR count). The molecule has 0 saturated carbocycles. The SMILES string of the molecule is Cc1ccccc1Cn1nc(C)c(NC(=O)c2cc(S(=O)(=O)N3CCCCC3)c(Cl)cc2Cl)c1C. The molecule has 1 aromatic heterocycles. The van der Waals surface area contributed by atoms with Crippen LogP contribution < -0.4 is 5.32 Å². The van der Waals surface area contributed by atoms with Crippen LogP contribution in [0.15, 0.2) is 41.3 Å². The molecular formula is C25H28Cl2N4O3S. The highest BCUT2D eigenvalue weighted by atomic mass is 35.5. The summed E-state index contributed by atoms with van der Waals surface area (Å²) in [6, 6.07) is 10.6. The van der Waals surface area contributed by atoms with Gasteiger partial charge in [0.2, 0.25) is 10.0 Å². The van der Waals surface area contributed by atoms with Gasteiger partial charge in [0.1, 0.15) is 4.90 Å². The fourth-order valence-electron chi connectivity index (χ4n) is 4.31. The van der Waals surface area contributed by atoms with Crippen LogP contribution >= 0.6 is 23.2 Å². The molecule has 1 amide bonds. The Labute approximate surface area is 216 Å². The van der Waals surface area contributed by atoms with Crippen LogP contribution in [0.4, 0.5) is 5.69 Å². The molecule has 0 bridgehead atoms. The van der Waals surface area contributed by atoms with Gasteiger partial charge in [-0.25, -0.2) is 8.42 Å². The van der Waals surface area contributed by atoms with Crippen LogP contribution in [0.3, 0.4) is 0 Å². The predicted octanol–water partition coefficient (Wildman–Crippen LogP) is 5.59. The van der Waals surface area contributed by atoms with E-state index in [0.717, 1.165) is 36.1 Å². The highest BCUT2D eigenvalue weighted by Gasteiger charge is 2.30. The van der Waals surface area contributed by atoms with Crippen molar-refractivity contribution in [3.05, 3.63) is 74.5 Å². The minimum absolute atomic E-state index is 0.00413. The second kappa shape index (κ2) is 10.3. The summed E-state index contributed by atoms with van der Waals surface area (Å²) in [5, 5.41) is 7.54. The molecule has 2 aromatic carbocycles. The minimum Gasteiger partial charge on any atom is -0.319 e. The maximum atomic E-state index is 13.2. The van der Waals surface area contributed by atoms with Gasteiger partial charge in [-0.1, -0.05) is 53.9 Å². The van der Waals surface area contributed by atoms with Crippen molar-refractivity contribution >= 4 is 44.8 Å². The number of aryl methyl sites for hydroxylation is 2. The first-order valence-corrected chi connectivity index (χ1v) is 13.7. The third kappa shape index (κ3) is 5.26. The van der Waals surface area contributed by atoms with Gasteiger partial charge < -0.3 is 5.32 Å². The van der Waals surface area contributed by atoms with Crippen molar-refractivity contribution in [3.63, 3.8) is 0 Å². The van der Waals surface area contributed by atoms with Crippen molar-refractivity contribution in [1.29, 1.82) is 0 Å². The van der Waals surface area contributed by atoms with E-state index in [2.05, 4.69) is 10.4 Å². The normalized spacial score (nSPS) is 14.8. The van der Waals surface area contributed by atoms with Crippen LogP contribution in [0.2, 0.25) is 10.0 Å². The van der Waals surface area contributed by atoms with E-state index in [4.69, 9.17) is 23.2 Å². The molecule has 0 spiro atoms. The van der Waals surface area contributed by atoms with Crippen LogP contribution in [0, 0.1) is 20.8 Å². The molecule has 0 unspecified atom stereocenters. The zero-order chi connectivity index (χ0) is 25.3. The summed E-state index contributed by atoms with van der Waals surface area (Å²) in [7, 11) is -3.84. The number of rotatable bonds is 6. The molecule has 2 heterocycles. The van der Waals surface area contributed by atoms with Crippen molar-refractivity contribution < 1.29 is 13.2 Å². The number of nitrogens with one attached hydrogen (secondary N) is 1. The fraction of sp³-hybridized carbons (Fsp3) is 0.360. The third-order valence-electron chi connectivity index (χ3n) is 6.40. The monoisotopic (exact) mass is 534 g/mol. The number of carbonyl (C=O) groups excluding carboxylic acids is 1. The van der Waals surface area contributed by atoms with Crippen LogP contribution in [-0.4, -0.2) is 41.5 Å². The smallest absolute Gasteiger partial charge is 0.257 e. The molecule has 1 saturated heterocycles. The predicted molar refractivity (Wildman–Crippen MR) is 139 cm³/mol. The number of nitrogens with zero attached hydrogens (tertiary/aromatic N) is 3. The number of hydrogen-bond donors (Lipinski definition) is 1. The largest absolute Gasteiger partial charge is 0.319 e. The van der Waals surface area contributed by atoms with E-state index in [1.54, 1.807) is 0 Å². The minimum atomic E-state index is -3.84. The Morgan fingerprint density at radius 3 is 2.40 bits per heavy atom. The summed E-state index contributed by atoms with van der Waals surface area (Å²) in [6.45, 7) is 7.16. The zero-order valence-corrected chi connectivity index (χ0v) is 22.3. The first-order valence-electron chi connectivity index (χ1n) is 11.5. The number of benzene rings is 2. The van der Waals surface area contributed by atoms with Crippen molar-refractivity contribution in [2.75, 3.05) is 18.4 Å². The van der Waals surface area contributed by atoms with E-state index in [0.29, 0.717) is 31.0 Å². The molecule has 1 aliphatic heterocycles. The molecule has 35 heavy (non-hydrogen) atoms. The van der Waals surface area contributed by atoms with Crippen molar-refractivity contribution in [3.8, 4) is 0 Å². The lowest BCUT2D eigenvalue weighted by molar-refractivity contribution is 0.102. The number of carbonyl (C=O) groups is 1. The van der Waals surface area contributed by atoms with Gasteiger partial charge >= 0.3 is 0 Å². The van der Waals surface area contributed by atoms with E-state index in [1.807, 2.05) is 49.7 Å². The second-order valence-electron chi connectivity index (χ2n) is 8.81. The Morgan fingerprint density at radius 1 is 1.03 bits per heavy atom. The van der Waals surface area contributed by atoms with E-state index in [1.165, 1.54) is 16.4 Å². The molecule has 1 N–H and O–H groups in total.